The van der Waals surface area contributed by atoms with Crippen LogP contribution in [-0.2, 0) is 21.2 Å². The zero-order valence-electron chi connectivity index (χ0n) is 8.86. The Morgan fingerprint density at radius 1 is 1.33 bits per heavy atom. The molecular formula is C10H15NO3S. The first-order chi connectivity index (χ1) is 7.03. The van der Waals surface area contributed by atoms with Crippen LogP contribution in [0.5, 0.6) is 0 Å². The molecule has 4 nitrogen and oxygen atoms in total. The molecule has 0 fully saturated rings. The van der Waals surface area contributed by atoms with E-state index in [-0.39, 0.29) is 0 Å². The molecule has 15 heavy (non-hydrogen) atoms. The molecule has 0 saturated heterocycles. The molecule has 1 aromatic carbocycles. The first kappa shape index (κ1) is 12.0. The number of rotatable bonds is 5. The van der Waals surface area contributed by atoms with E-state index in [2.05, 4.69) is 4.72 Å². The quantitative estimate of drug-likeness (QED) is 0.826. The lowest BCUT2D eigenvalue weighted by Gasteiger charge is -2.09. The van der Waals surface area contributed by atoms with E-state index in [1.54, 1.807) is 19.2 Å². The Morgan fingerprint density at radius 2 is 2.00 bits per heavy atom. The van der Waals surface area contributed by atoms with E-state index in [1.165, 1.54) is 0 Å². The fraction of sp³-hybridized carbons (Fsp3) is 0.400. The standard InChI is InChI=1S/C10H15NO3S/c1-14-8-7-9-5-3-4-6-10(9)11-15(2,12)13/h3-6,11H,7-8H2,1-2H3. The average Bonchev–Trinajstić information content (AvgIpc) is 2.14. The summed E-state index contributed by atoms with van der Waals surface area (Å²) in [5.41, 5.74) is 1.56. The maximum Gasteiger partial charge on any atom is 0.229 e. The van der Waals surface area contributed by atoms with Crippen molar-refractivity contribution in [1.82, 2.24) is 0 Å². The van der Waals surface area contributed by atoms with Crippen molar-refractivity contribution in [1.29, 1.82) is 0 Å². The van der Waals surface area contributed by atoms with E-state index in [0.29, 0.717) is 18.7 Å². The van der Waals surface area contributed by atoms with Crippen LogP contribution in [0.15, 0.2) is 24.3 Å². The molecule has 0 aliphatic heterocycles. The summed E-state index contributed by atoms with van der Waals surface area (Å²) in [7, 11) is -1.60. The van der Waals surface area contributed by atoms with Crippen LogP contribution in [0, 0.1) is 0 Å². The summed E-state index contributed by atoms with van der Waals surface area (Å²) in [6, 6.07) is 7.29. The highest BCUT2D eigenvalue weighted by Crippen LogP contribution is 2.16. The van der Waals surface area contributed by atoms with Crippen LogP contribution in [0.1, 0.15) is 5.56 Å². The maximum atomic E-state index is 11.1. The van der Waals surface area contributed by atoms with Crippen LogP contribution < -0.4 is 4.72 Å². The second-order valence-electron chi connectivity index (χ2n) is 3.27. The van der Waals surface area contributed by atoms with Gasteiger partial charge in [0, 0.05) is 7.11 Å². The lowest BCUT2D eigenvalue weighted by molar-refractivity contribution is 0.202. The van der Waals surface area contributed by atoms with Crippen LogP contribution >= 0.6 is 0 Å². The number of ether oxygens (including phenoxy) is 1. The minimum atomic E-state index is -3.22. The molecule has 84 valence electrons. The second-order valence-corrected chi connectivity index (χ2v) is 5.02. The summed E-state index contributed by atoms with van der Waals surface area (Å²) in [6.07, 6.45) is 1.83. The van der Waals surface area contributed by atoms with E-state index >= 15 is 0 Å². The highest BCUT2D eigenvalue weighted by Gasteiger charge is 2.06. The van der Waals surface area contributed by atoms with Gasteiger partial charge in [-0.2, -0.15) is 0 Å². The van der Waals surface area contributed by atoms with Crippen molar-refractivity contribution in [2.45, 2.75) is 6.42 Å². The number of methoxy groups -OCH3 is 1. The zero-order valence-corrected chi connectivity index (χ0v) is 9.67. The fourth-order valence-electron chi connectivity index (χ4n) is 1.25. The molecule has 0 saturated carbocycles. The van der Waals surface area contributed by atoms with Gasteiger partial charge in [-0.25, -0.2) is 8.42 Å². The minimum absolute atomic E-state index is 0.572. The Kier molecular flexibility index (Phi) is 4.11. The molecule has 0 atom stereocenters. The normalized spacial score (nSPS) is 11.3. The van der Waals surface area contributed by atoms with Gasteiger partial charge in [0.2, 0.25) is 10.0 Å². The highest BCUT2D eigenvalue weighted by molar-refractivity contribution is 7.92. The summed E-state index contributed by atoms with van der Waals surface area (Å²) in [4.78, 5) is 0. The molecule has 5 heteroatoms. The third kappa shape index (κ3) is 4.31. The summed E-state index contributed by atoms with van der Waals surface area (Å²) in [5.74, 6) is 0. The summed E-state index contributed by atoms with van der Waals surface area (Å²) in [6.45, 7) is 0.572. The van der Waals surface area contributed by atoms with E-state index in [4.69, 9.17) is 4.74 Å². The van der Waals surface area contributed by atoms with Gasteiger partial charge in [0.15, 0.2) is 0 Å². The molecule has 0 aromatic heterocycles. The molecule has 1 aromatic rings. The Labute approximate surface area is 90.3 Å². The number of benzene rings is 1. The molecular weight excluding hydrogens is 214 g/mol. The fourth-order valence-corrected chi connectivity index (χ4v) is 1.85. The monoisotopic (exact) mass is 229 g/mol. The van der Waals surface area contributed by atoms with Gasteiger partial charge in [0.25, 0.3) is 0 Å². The van der Waals surface area contributed by atoms with E-state index < -0.39 is 10.0 Å². The van der Waals surface area contributed by atoms with Crippen LogP contribution in [0.2, 0.25) is 0 Å². The number of nitrogens with one attached hydrogen (secondary N) is 1. The van der Waals surface area contributed by atoms with E-state index in [0.717, 1.165) is 11.8 Å². The zero-order chi connectivity index (χ0) is 11.3. The van der Waals surface area contributed by atoms with Crippen molar-refractivity contribution in [2.24, 2.45) is 0 Å². The number of hydrogen-bond acceptors (Lipinski definition) is 3. The van der Waals surface area contributed by atoms with Crippen molar-refractivity contribution in [3.05, 3.63) is 29.8 Å². The van der Waals surface area contributed by atoms with Crippen LogP contribution in [0.25, 0.3) is 0 Å². The Hall–Kier alpha value is -1.07. The maximum absolute atomic E-state index is 11.1. The van der Waals surface area contributed by atoms with Crippen LogP contribution in [0.4, 0.5) is 5.69 Å². The van der Waals surface area contributed by atoms with Crippen LogP contribution in [-0.4, -0.2) is 28.4 Å². The highest BCUT2D eigenvalue weighted by atomic mass is 32.2. The lowest BCUT2D eigenvalue weighted by Crippen LogP contribution is -2.11. The predicted octanol–water partition coefficient (Wildman–Crippen LogP) is 1.25. The summed E-state index contributed by atoms with van der Waals surface area (Å²) < 4.78 is 29.6. The molecule has 0 heterocycles. The van der Waals surface area contributed by atoms with Gasteiger partial charge in [0.05, 0.1) is 18.6 Å². The summed E-state index contributed by atoms with van der Waals surface area (Å²) in [5, 5.41) is 0. The van der Waals surface area contributed by atoms with Gasteiger partial charge >= 0.3 is 0 Å². The lowest BCUT2D eigenvalue weighted by atomic mass is 10.1. The van der Waals surface area contributed by atoms with Crippen LogP contribution in [0.3, 0.4) is 0 Å². The number of hydrogen-bond donors (Lipinski definition) is 1. The molecule has 0 aliphatic carbocycles. The smallest absolute Gasteiger partial charge is 0.229 e. The van der Waals surface area contributed by atoms with E-state index in [1.807, 2.05) is 12.1 Å². The van der Waals surface area contributed by atoms with Crippen molar-refractivity contribution in [3.8, 4) is 0 Å². The molecule has 0 radical (unpaired) electrons. The summed E-state index contributed by atoms with van der Waals surface area (Å²) >= 11 is 0. The van der Waals surface area contributed by atoms with E-state index in [9.17, 15) is 8.42 Å². The Balaban J connectivity index is 2.86. The van der Waals surface area contributed by atoms with Gasteiger partial charge in [0.1, 0.15) is 0 Å². The van der Waals surface area contributed by atoms with Gasteiger partial charge in [-0.05, 0) is 18.1 Å². The molecule has 0 amide bonds. The van der Waals surface area contributed by atoms with Gasteiger partial charge in [-0.1, -0.05) is 18.2 Å². The number of para-hydroxylation sites is 1. The molecule has 0 bridgehead atoms. The largest absolute Gasteiger partial charge is 0.384 e. The SMILES string of the molecule is COCCc1ccccc1NS(C)(=O)=O. The Bertz CT molecular complexity index is 414. The first-order valence-corrected chi connectivity index (χ1v) is 6.46. The molecule has 1 rings (SSSR count). The molecule has 0 spiro atoms. The van der Waals surface area contributed by atoms with Crippen molar-refractivity contribution < 1.29 is 13.2 Å². The molecule has 1 N–H and O–H groups in total. The average molecular weight is 229 g/mol. The van der Waals surface area contributed by atoms with Crippen molar-refractivity contribution in [3.63, 3.8) is 0 Å². The van der Waals surface area contributed by atoms with Gasteiger partial charge in [-0.3, -0.25) is 4.72 Å². The minimum Gasteiger partial charge on any atom is -0.384 e. The second kappa shape index (κ2) is 5.14. The topological polar surface area (TPSA) is 55.4 Å². The van der Waals surface area contributed by atoms with Crippen molar-refractivity contribution in [2.75, 3.05) is 24.7 Å². The van der Waals surface area contributed by atoms with Gasteiger partial charge < -0.3 is 4.74 Å². The third-order valence-corrected chi connectivity index (χ3v) is 2.48. The first-order valence-electron chi connectivity index (χ1n) is 4.57. The third-order valence-electron chi connectivity index (χ3n) is 1.89. The number of sulfonamides is 1. The van der Waals surface area contributed by atoms with Crippen molar-refractivity contribution >= 4 is 15.7 Å². The van der Waals surface area contributed by atoms with Gasteiger partial charge in [-0.15, -0.1) is 0 Å². The predicted molar refractivity (Wildman–Crippen MR) is 60.5 cm³/mol. The Morgan fingerprint density at radius 3 is 2.60 bits per heavy atom. The molecule has 0 aliphatic rings. The molecule has 0 unspecified atom stereocenters. The number of anilines is 1.